The minimum atomic E-state index is -0.185. The molecule has 2 N–H and O–H groups in total. The Kier molecular flexibility index (Phi) is 8.43. The highest BCUT2D eigenvalue weighted by Crippen LogP contribution is 2.16. The van der Waals surface area contributed by atoms with E-state index in [1.165, 1.54) is 32.6 Å². The summed E-state index contributed by atoms with van der Waals surface area (Å²) in [4.78, 5) is 10.9. The van der Waals surface area contributed by atoms with Crippen LogP contribution in [0.2, 0.25) is 0 Å². The molecule has 0 heterocycles. The number of hydrogen-bond acceptors (Lipinski definition) is 3. The van der Waals surface area contributed by atoms with E-state index in [0.717, 1.165) is 24.5 Å². The van der Waals surface area contributed by atoms with Crippen LogP contribution in [0.15, 0.2) is 24.3 Å². The SMILES string of the molecule is CCCCCCCOc1ccc(NC(=S)NC(C)=O)cc1. The molecule has 0 aliphatic heterocycles. The molecule has 0 saturated carbocycles. The summed E-state index contributed by atoms with van der Waals surface area (Å²) in [6.45, 7) is 4.38. The van der Waals surface area contributed by atoms with Crippen LogP contribution in [0.25, 0.3) is 0 Å². The van der Waals surface area contributed by atoms with Crippen molar-refractivity contribution in [2.45, 2.75) is 46.0 Å². The van der Waals surface area contributed by atoms with E-state index in [2.05, 4.69) is 17.6 Å². The summed E-state index contributed by atoms with van der Waals surface area (Å²) in [5.41, 5.74) is 0.823. The smallest absolute Gasteiger partial charge is 0.222 e. The highest BCUT2D eigenvalue weighted by Gasteiger charge is 2.00. The van der Waals surface area contributed by atoms with Crippen LogP contribution in [0.3, 0.4) is 0 Å². The van der Waals surface area contributed by atoms with E-state index in [9.17, 15) is 4.79 Å². The van der Waals surface area contributed by atoms with E-state index >= 15 is 0 Å². The summed E-state index contributed by atoms with van der Waals surface area (Å²) >= 11 is 4.99. The Morgan fingerprint density at radius 1 is 1.14 bits per heavy atom. The van der Waals surface area contributed by atoms with Crippen LogP contribution in [0.1, 0.15) is 46.0 Å². The molecule has 1 rings (SSSR count). The maximum Gasteiger partial charge on any atom is 0.222 e. The molecule has 0 aliphatic carbocycles. The number of nitrogens with one attached hydrogen (secondary N) is 2. The molecule has 1 amide bonds. The van der Waals surface area contributed by atoms with Crippen LogP contribution in [-0.2, 0) is 4.79 Å². The number of anilines is 1. The van der Waals surface area contributed by atoms with E-state index in [0.29, 0.717) is 5.11 Å². The van der Waals surface area contributed by atoms with Crippen molar-refractivity contribution in [3.05, 3.63) is 24.3 Å². The Morgan fingerprint density at radius 2 is 1.81 bits per heavy atom. The fourth-order valence-electron chi connectivity index (χ4n) is 1.85. The van der Waals surface area contributed by atoms with Crippen molar-refractivity contribution in [1.29, 1.82) is 0 Å². The molecule has 21 heavy (non-hydrogen) atoms. The molecule has 4 nitrogen and oxygen atoms in total. The minimum Gasteiger partial charge on any atom is -0.494 e. The molecule has 0 radical (unpaired) electrons. The second-order valence-corrected chi connectivity index (χ2v) is 5.33. The third-order valence-electron chi connectivity index (χ3n) is 2.92. The van der Waals surface area contributed by atoms with Crippen LogP contribution in [0, 0.1) is 0 Å². The maximum absolute atomic E-state index is 10.9. The van der Waals surface area contributed by atoms with Crippen molar-refractivity contribution in [3.63, 3.8) is 0 Å². The molecule has 0 spiro atoms. The van der Waals surface area contributed by atoms with E-state index in [1.54, 1.807) is 0 Å². The summed E-state index contributed by atoms with van der Waals surface area (Å²) in [5.74, 6) is 0.664. The first-order valence-corrected chi connectivity index (χ1v) is 7.84. The lowest BCUT2D eigenvalue weighted by Gasteiger charge is -2.09. The van der Waals surface area contributed by atoms with Gasteiger partial charge in [0.1, 0.15) is 5.75 Å². The molecule has 1 aromatic rings. The molecule has 0 aromatic heterocycles. The van der Waals surface area contributed by atoms with Gasteiger partial charge in [0, 0.05) is 12.6 Å². The molecule has 0 saturated heterocycles. The number of benzene rings is 1. The molecule has 0 fully saturated rings. The number of hydrogen-bond donors (Lipinski definition) is 2. The Hall–Kier alpha value is -1.62. The van der Waals surface area contributed by atoms with Crippen molar-refractivity contribution in [1.82, 2.24) is 5.32 Å². The number of carbonyl (C=O) groups excluding carboxylic acids is 1. The van der Waals surface area contributed by atoms with Crippen molar-refractivity contribution < 1.29 is 9.53 Å². The van der Waals surface area contributed by atoms with E-state index in [-0.39, 0.29) is 5.91 Å². The van der Waals surface area contributed by atoms with Gasteiger partial charge in [-0.1, -0.05) is 32.6 Å². The second-order valence-electron chi connectivity index (χ2n) is 4.92. The largest absolute Gasteiger partial charge is 0.494 e. The molecule has 0 atom stereocenters. The van der Waals surface area contributed by atoms with Gasteiger partial charge in [-0.05, 0) is 42.9 Å². The number of unbranched alkanes of at least 4 members (excludes halogenated alkanes) is 4. The van der Waals surface area contributed by atoms with Crippen LogP contribution in [0.5, 0.6) is 5.75 Å². The first-order chi connectivity index (χ1) is 10.1. The van der Waals surface area contributed by atoms with Crippen molar-refractivity contribution >= 4 is 28.9 Å². The molecule has 5 heteroatoms. The fourth-order valence-corrected chi connectivity index (χ4v) is 2.11. The van der Waals surface area contributed by atoms with E-state index in [4.69, 9.17) is 17.0 Å². The number of amides is 1. The highest BCUT2D eigenvalue weighted by atomic mass is 32.1. The Bertz CT molecular complexity index is 446. The van der Waals surface area contributed by atoms with Gasteiger partial charge in [0.15, 0.2) is 5.11 Å². The molecule has 116 valence electrons. The van der Waals surface area contributed by atoms with Gasteiger partial charge in [-0.2, -0.15) is 0 Å². The summed E-state index contributed by atoms with van der Waals surface area (Å²) in [6.07, 6.45) is 6.15. The van der Waals surface area contributed by atoms with Crippen LogP contribution in [0.4, 0.5) is 5.69 Å². The molecule has 1 aromatic carbocycles. The van der Waals surface area contributed by atoms with Gasteiger partial charge in [0.25, 0.3) is 0 Å². The van der Waals surface area contributed by atoms with Gasteiger partial charge >= 0.3 is 0 Å². The lowest BCUT2D eigenvalue weighted by molar-refractivity contribution is -0.117. The van der Waals surface area contributed by atoms with Crippen molar-refractivity contribution in [2.24, 2.45) is 0 Å². The molecule has 0 unspecified atom stereocenters. The fraction of sp³-hybridized carbons (Fsp3) is 0.500. The van der Waals surface area contributed by atoms with Crippen LogP contribution >= 0.6 is 12.2 Å². The first kappa shape index (κ1) is 17.4. The van der Waals surface area contributed by atoms with Gasteiger partial charge in [0.05, 0.1) is 6.61 Å². The summed E-state index contributed by atoms with van der Waals surface area (Å²) in [7, 11) is 0. The van der Waals surface area contributed by atoms with E-state index in [1.807, 2.05) is 24.3 Å². The summed E-state index contributed by atoms with van der Waals surface area (Å²) in [5, 5.41) is 5.75. The topological polar surface area (TPSA) is 50.4 Å². The predicted molar refractivity (Wildman–Crippen MR) is 90.7 cm³/mol. The average Bonchev–Trinajstić information content (AvgIpc) is 2.43. The van der Waals surface area contributed by atoms with Crippen molar-refractivity contribution in [2.75, 3.05) is 11.9 Å². The van der Waals surface area contributed by atoms with Gasteiger partial charge in [-0.3, -0.25) is 4.79 Å². The Labute approximate surface area is 132 Å². The lowest BCUT2D eigenvalue weighted by atomic mass is 10.2. The third-order valence-corrected chi connectivity index (χ3v) is 3.12. The Balaban J connectivity index is 2.27. The van der Waals surface area contributed by atoms with Gasteiger partial charge in [0.2, 0.25) is 5.91 Å². The Morgan fingerprint density at radius 3 is 2.43 bits per heavy atom. The van der Waals surface area contributed by atoms with Gasteiger partial charge in [-0.15, -0.1) is 0 Å². The van der Waals surface area contributed by atoms with Crippen LogP contribution in [-0.4, -0.2) is 17.6 Å². The number of ether oxygens (including phenoxy) is 1. The van der Waals surface area contributed by atoms with Crippen molar-refractivity contribution in [3.8, 4) is 5.75 Å². The second kappa shape index (κ2) is 10.2. The third kappa shape index (κ3) is 8.30. The molecular formula is C16H24N2O2S. The zero-order valence-electron chi connectivity index (χ0n) is 12.8. The predicted octanol–water partition coefficient (Wildman–Crippen LogP) is 3.87. The quantitative estimate of drug-likeness (QED) is 0.565. The normalized spacial score (nSPS) is 10.0. The zero-order chi connectivity index (χ0) is 15.5. The van der Waals surface area contributed by atoms with E-state index < -0.39 is 0 Å². The molecule has 0 bridgehead atoms. The minimum absolute atomic E-state index is 0.185. The number of carbonyl (C=O) groups is 1. The van der Waals surface area contributed by atoms with Gasteiger partial charge in [-0.25, -0.2) is 0 Å². The number of rotatable bonds is 8. The molecular weight excluding hydrogens is 284 g/mol. The van der Waals surface area contributed by atoms with Crippen LogP contribution < -0.4 is 15.4 Å². The first-order valence-electron chi connectivity index (χ1n) is 7.43. The maximum atomic E-state index is 10.9. The number of thiocarbonyl (C=S) groups is 1. The van der Waals surface area contributed by atoms with Gasteiger partial charge < -0.3 is 15.4 Å². The monoisotopic (exact) mass is 308 g/mol. The lowest BCUT2D eigenvalue weighted by Crippen LogP contribution is -2.32. The molecule has 0 aliphatic rings. The highest BCUT2D eigenvalue weighted by molar-refractivity contribution is 7.80. The standard InChI is InChI=1S/C16H24N2O2S/c1-3-4-5-6-7-12-20-15-10-8-14(9-11-15)18-16(21)17-13(2)19/h8-11H,3-7,12H2,1-2H3,(H2,17,18,19,21). The zero-order valence-corrected chi connectivity index (χ0v) is 13.6. The average molecular weight is 308 g/mol. The summed E-state index contributed by atoms with van der Waals surface area (Å²) < 4.78 is 5.68. The summed E-state index contributed by atoms with van der Waals surface area (Å²) in [6, 6.07) is 7.54.